The molecule has 0 saturated heterocycles. The molecule has 7 heteroatoms. The summed E-state index contributed by atoms with van der Waals surface area (Å²) in [5, 5.41) is 19.5. The third-order valence-electron chi connectivity index (χ3n) is 2.92. The van der Waals surface area contributed by atoms with Crippen molar-refractivity contribution in [2.24, 2.45) is 0 Å². The van der Waals surface area contributed by atoms with Gasteiger partial charge in [0, 0.05) is 39.2 Å². The largest absolute Gasteiger partial charge is 0.393 e. The Labute approximate surface area is 117 Å². The monoisotopic (exact) mass is 278 g/mol. The molecule has 0 aromatic heterocycles. The van der Waals surface area contributed by atoms with E-state index in [0.717, 1.165) is 0 Å². The van der Waals surface area contributed by atoms with E-state index in [2.05, 4.69) is 6.07 Å². The van der Waals surface area contributed by atoms with E-state index in [4.69, 9.17) is 15.7 Å². The number of nitrogen functional groups attached to an aromatic ring is 1. The van der Waals surface area contributed by atoms with Crippen molar-refractivity contribution < 1.29 is 9.66 Å². The molecular weight excluding hydrogens is 260 g/mol. The molecule has 0 aliphatic carbocycles. The minimum atomic E-state index is -0.492. The van der Waals surface area contributed by atoms with Crippen LogP contribution >= 0.6 is 0 Å². The molecule has 0 aliphatic heterocycles. The minimum Gasteiger partial charge on any atom is -0.393 e. The Morgan fingerprint density at radius 2 is 2.25 bits per heavy atom. The van der Waals surface area contributed by atoms with Crippen molar-refractivity contribution in [2.45, 2.75) is 13.0 Å². The van der Waals surface area contributed by atoms with Crippen LogP contribution in [0.4, 0.5) is 11.4 Å². The summed E-state index contributed by atoms with van der Waals surface area (Å²) in [5.41, 5.74) is 6.60. The molecule has 0 radical (unpaired) electrons. The quantitative estimate of drug-likeness (QED) is 0.439. The van der Waals surface area contributed by atoms with E-state index in [1.807, 2.05) is 4.90 Å². The first-order chi connectivity index (χ1) is 9.60. The lowest BCUT2D eigenvalue weighted by molar-refractivity contribution is -0.384. The summed E-state index contributed by atoms with van der Waals surface area (Å²) in [6.45, 7) is 2.20. The van der Waals surface area contributed by atoms with Gasteiger partial charge in [-0.2, -0.15) is 5.26 Å². The fourth-order valence-electron chi connectivity index (χ4n) is 1.84. The molecule has 0 bridgehead atoms. The highest BCUT2D eigenvalue weighted by Crippen LogP contribution is 2.25. The van der Waals surface area contributed by atoms with Crippen molar-refractivity contribution in [1.82, 2.24) is 4.90 Å². The van der Waals surface area contributed by atoms with Crippen LogP contribution in [0, 0.1) is 21.4 Å². The van der Waals surface area contributed by atoms with Crippen LogP contribution in [0.15, 0.2) is 18.2 Å². The normalized spacial score (nSPS) is 10.4. The van der Waals surface area contributed by atoms with Crippen LogP contribution in [0.2, 0.25) is 0 Å². The van der Waals surface area contributed by atoms with E-state index in [-0.39, 0.29) is 11.4 Å². The number of nitro groups is 1. The standard InChI is InChI=1S/C13H18N4O3/c1-20-9-8-16(7-3-6-14)10-11-4-2-5-12(13(11)15)17(18)19/h2,4-5H,3,7-10,15H2,1H3. The molecule has 0 unspecified atom stereocenters. The van der Waals surface area contributed by atoms with Gasteiger partial charge >= 0.3 is 0 Å². The number of benzene rings is 1. The van der Waals surface area contributed by atoms with E-state index in [1.165, 1.54) is 6.07 Å². The Hall–Kier alpha value is -2.17. The zero-order valence-corrected chi connectivity index (χ0v) is 11.4. The van der Waals surface area contributed by atoms with Gasteiger partial charge in [-0.05, 0) is 5.56 Å². The molecule has 1 rings (SSSR count). The lowest BCUT2D eigenvalue weighted by Crippen LogP contribution is -2.28. The molecule has 20 heavy (non-hydrogen) atoms. The van der Waals surface area contributed by atoms with E-state index >= 15 is 0 Å². The van der Waals surface area contributed by atoms with E-state index in [9.17, 15) is 10.1 Å². The number of nitrogens with two attached hydrogens (primary N) is 1. The van der Waals surface area contributed by atoms with Crippen LogP contribution < -0.4 is 5.73 Å². The van der Waals surface area contributed by atoms with Gasteiger partial charge in [0.2, 0.25) is 0 Å². The van der Waals surface area contributed by atoms with Crippen molar-refractivity contribution in [3.63, 3.8) is 0 Å². The highest BCUT2D eigenvalue weighted by atomic mass is 16.6. The molecule has 0 amide bonds. The smallest absolute Gasteiger partial charge is 0.292 e. The maximum absolute atomic E-state index is 10.9. The molecule has 0 spiro atoms. The summed E-state index contributed by atoms with van der Waals surface area (Å²) >= 11 is 0. The van der Waals surface area contributed by atoms with Gasteiger partial charge in [-0.15, -0.1) is 0 Å². The van der Waals surface area contributed by atoms with Crippen LogP contribution in [0.25, 0.3) is 0 Å². The second-order valence-electron chi connectivity index (χ2n) is 4.28. The maximum Gasteiger partial charge on any atom is 0.292 e. The predicted octanol–water partition coefficient (Wildman–Crippen LogP) is 1.54. The fraction of sp³-hybridized carbons (Fsp3) is 0.462. The molecule has 0 heterocycles. The number of methoxy groups -OCH3 is 1. The number of hydrogen-bond donors (Lipinski definition) is 1. The second kappa shape index (κ2) is 8.09. The third-order valence-corrected chi connectivity index (χ3v) is 2.92. The number of hydrogen-bond acceptors (Lipinski definition) is 6. The molecule has 0 aliphatic rings. The number of para-hydroxylation sites is 1. The molecule has 1 aromatic rings. The van der Waals surface area contributed by atoms with Crippen LogP contribution in [0.1, 0.15) is 12.0 Å². The summed E-state index contributed by atoms with van der Waals surface area (Å²) < 4.78 is 5.02. The topological polar surface area (TPSA) is 105 Å². The summed E-state index contributed by atoms with van der Waals surface area (Å²) in [4.78, 5) is 12.3. The maximum atomic E-state index is 10.9. The van der Waals surface area contributed by atoms with Crippen molar-refractivity contribution in [1.29, 1.82) is 5.26 Å². The van der Waals surface area contributed by atoms with Gasteiger partial charge in [-0.25, -0.2) is 0 Å². The van der Waals surface area contributed by atoms with Gasteiger partial charge in [0.15, 0.2) is 0 Å². The third kappa shape index (κ3) is 4.50. The lowest BCUT2D eigenvalue weighted by Gasteiger charge is -2.21. The Morgan fingerprint density at radius 3 is 2.85 bits per heavy atom. The average Bonchev–Trinajstić information content (AvgIpc) is 2.43. The molecule has 108 valence electrons. The molecule has 0 fully saturated rings. The summed E-state index contributed by atoms with van der Waals surface area (Å²) in [5.74, 6) is 0. The van der Waals surface area contributed by atoms with Crippen molar-refractivity contribution in [3.8, 4) is 6.07 Å². The highest BCUT2D eigenvalue weighted by Gasteiger charge is 2.16. The number of ether oxygens (including phenoxy) is 1. The average molecular weight is 278 g/mol. The lowest BCUT2D eigenvalue weighted by atomic mass is 10.1. The fourth-order valence-corrected chi connectivity index (χ4v) is 1.84. The van der Waals surface area contributed by atoms with Crippen LogP contribution in [0.3, 0.4) is 0 Å². The first kappa shape index (κ1) is 15.9. The number of rotatable bonds is 8. The van der Waals surface area contributed by atoms with Crippen LogP contribution in [-0.4, -0.2) is 36.6 Å². The Morgan fingerprint density at radius 1 is 1.50 bits per heavy atom. The predicted molar refractivity (Wildman–Crippen MR) is 74.9 cm³/mol. The summed E-state index contributed by atoms with van der Waals surface area (Å²) in [6, 6.07) is 6.84. The van der Waals surface area contributed by atoms with Gasteiger partial charge < -0.3 is 10.5 Å². The highest BCUT2D eigenvalue weighted by molar-refractivity contribution is 5.62. The summed E-state index contributed by atoms with van der Waals surface area (Å²) in [6.07, 6.45) is 0.387. The number of nitrogens with zero attached hydrogens (tertiary/aromatic N) is 3. The molecule has 0 saturated carbocycles. The summed E-state index contributed by atoms with van der Waals surface area (Å²) in [7, 11) is 1.60. The number of nitriles is 1. The van der Waals surface area contributed by atoms with Gasteiger partial charge in [-0.1, -0.05) is 12.1 Å². The second-order valence-corrected chi connectivity index (χ2v) is 4.28. The van der Waals surface area contributed by atoms with Gasteiger partial charge in [-0.3, -0.25) is 15.0 Å². The van der Waals surface area contributed by atoms with E-state index in [0.29, 0.717) is 38.2 Å². The minimum absolute atomic E-state index is 0.0884. The first-order valence-corrected chi connectivity index (χ1v) is 6.20. The van der Waals surface area contributed by atoms with Crippen molar-refractivity contribution in [2.75, 3.05) is 32.5 Å². The Kier molecular flexibility index (Phi) is 6.43. The Balaban J connectivity index is 2.84. The van der Waals surface area contributed by atoms with Crippen molar-refractivity contribution >= 4 is 11.4 Å². The Bertz CT molecular complexity index is 499. The zero-order chi connectivity index (χ0) is 15.0. The van der Waals surface area contributed by atoms with E-state index < -0.39 is 4.92 Å². The van der Waals surface area contributed by atoms with E-state index in [1.54, 1.807) is 19.2 Å². The molecule has 1 aromatic carbocycles. The molecule has 2 N–H and O–H groups in total. The van der Waals surface area contributed by atoms with Gasteiger partial charge in [0.1, 0.15) is 5.69 Å². The molecule has 7 nitrogen and oxygen atoms in total. The number of nitro benzene ring substituents is 1. The van der Waals surface area contributed by atoms with Crippen molar-refractivity contribution in [3.05, 3.63) is 33.9 Å². The van der Waals surface area contributed by atoms with Gasteiger partial charge in [0.05, 0.1) is 17.6 Å². The molecule has 0 atom stereocenters. The zero-order valence-electron chi connectivity index (χ0n) is 11.4. The van der Waals surface area contributed by atoms with Crippen LogP contribution in [-0.2, 0) is 11.3 Å². The number of anilines is 1. The SMILES string of the molecule is COCCN(CCC#N)Cc1cccc([N+](=O)[O-])c1N. The first-order valence-electron chi connectivity index (χ1n) is 6.20. The molecular formula is C13H18N4O3. The van der Waals surface area contributed by atoms with Gasteiger partial charge in [0.25, 0.3) is 5.69 Å². The van der Waals surface area contributed by atoms with Crippen LogP contribution in [0.5, 0.6) is 0 Å².